The quantitative estimate of drug-likeness (QED) is 0.718. The summed E-state index contributed by atoms with van der Waals surface area (Å²) in [7, 11) is -3.89. The Morgan fingerprint density at radius 1 is 1.00 bits per heavy atom. The second-order valence-electron chi connectivity index (χ2n) is 6.52. The van der Waals surface area contributed by atoms with E-state index in [1.165, 1.54) is 0 Å². The first-order chi connectivity index (χ1) is 13.5. The van der Waals surface area contributed by atoms with Crippen molar-refractivity contribution in [2.75, 3.05) is 22.4 Å². The average Bonchev–Trinajstić information content (AvgIpc) is 2.64. The molecular formula is C20H23F3N2O3S. The van der Waals surface area contributed by atoms with E-state index in [2.05, 4.69) is 5.32 Å². The van der Waals surface area contributed by atoms with Gasteiger partial charge >= 0.3 is 6.18 Å². The van der Waals surface area contributed by atoms with E-state index in [4.69, 9.17) is 0 Å². The lowest BCUT2D eigenvalue weighted by atomic mass is 10.0. The summed E-state index contributed by atoms with van der Waals surface area (Å²) in [5, 5.41) is 2.76. The molecule has 0 aliphatic heterocycles. The molecule has 0 spiro atoms. The van der Waals surface area contributed by atoms with Gasteiger partial charge in [0.05, 0.1) is 17.5 Å². The van der Waals surface area contributed by atoms with Crippen LogP contribution in [-0.2, 0) is 33.8 Å². The molecule has 0 radical (unpaired) electrons. The van der Waals surface area contributed by atoms with Crippen LogP contribution in [0.4, 0.5) is 24.5 Å². The number of para-hydroxylation sites is 1. The van der Waals surface area contributed by atoms with E-state index in [-0.39, 0.29) is 5.69 Å². The smallest absolute Gasteiger partial charge is 0.324 e. The summed E-state index contributed by atoms with van der Waals surface area (Å²) in [6.45, 7) is 3.33. The molecule has 0 saturated carbocycles. The van der Waals surface area contributed by atoms with Crippen molar-refractivity contribution in [2.24, 2.45) is 0 Å². The van der Waals surface area contributed by atoms with Crippen molar-refractivity contribution in [1.29, 1.82) is 0 Å². The van der Waals surface area contributed by atoms with Gasteiger partial charge in [-0.2, -0.15) is 13.2 Å². The number of nitrogens with zero attached hydrogens (tertiary/aromatic N) is 1. The van der Waals surface area contributed by atoms with Gasteiger partial charge in [-0.05, 0) is 48.2 Å². The highest BCUT2D eigenvalue weighted by Gasteiger charge is 2.31. The number of hydrogen-bond acceptors (Lipinski definition) is 3. The SMILES string of the molecule is CCc1cccc(CC)c1NC(=O)CN(c1ccc(C(F)(F)F)cc1)S(C)(=O)=O. The van der Waals surface area contributed by atoms with E-state index in [0.29, 0.717) is 18.5 Å². The number of sulfonamides is 1. The van der Waals surface area contributed by atoms with Crippen molar-refractivity contribution in [1.82, 2.24) is 0 Å². The summed E-state index contributed by atoms with van der Waals surface area (Å²) in [6, 6.07) is 9.28. The topological polar surface area (TPSA) is 66.5 Å². The largest absolute Gasteiger partial charge is 0.416 e. The summed E-state index contributed by atoms with van der Waals surface area (Å²) in [4.78, 5) is 12.6. The number of carbonyl (C=O) groups is 1. The van der Waals surface area contributed by atoms with E-state index < -0.39 is 34.2 Å². The molecule has 0 atom stereocenters. The Bertz CT molecular complexity index is 949. The van der Waals surface area contributed by atoms with Crippen molar-refractivity contribution >= 4 is 27.3 Å². The van der Waals surface area contributed by atoms with Crippen LogP contribution in [0.3, 0.4) is 0 Å². The highest BCUT2D eigenvalue weighted by molar-refractivity contribution is 7.92. The van der Waals surface area contributed by atoms with Gasteiger partial charge in [0.25, 0.3) is 0 Å². The van der Waals surface area contributed by atoms with Crippen molar-refractivity contribution in [3.63, 3.8) is 0 Å². The van der Waals surface area contributed by atoms with Gasteiger partial charge in [0.15, 0.2) is 0 Å². The molecule has 0 saturated heterocycles. The molecule has 2 rings (SSSR count). The van der Waals surface area contributed by atoms with Crippen LogP contribution in [0.2, 0.25) is 0 Å². The lowest BCUT2D eigenvalue weighted by Crippen LogP contribution is -2.37. The first-order valence-corrected chi connectivity index (χ1v) is 10.9. The second kappa shape index (κ2) is 8.86. The van der Waals surface area contributed by atoms with Gasteiger partial charge < -0.3 is 5.32 Å². The number of rotatable bonds is 7. The molecule has 0 aromatic heterocycles. The molecule has 0 unspecified atom stereocenters. The number of nitrogens with one attached hydrogen (secondary N) is 1. The molecule has 1 N–H and O–H groups in total. The van der Waals surface area contributed by atoms with Crippen LogP contribution in [0.1, 0.15) is 30.5 Å². The fraction of sp³-hybridized carbons (Fsp3) is 0.350. The highest BCUT2D eigenvalue weighted by atomic mass is 32.2. The Morgan fingerprint density at radius 3 is 1.93 bits per heavy atom. The Hall–Kier alpha value is -2.55. The monoisotopic (exact) mass is 428 g/mol. The maximum absolute atomic E-state index is 12.8. The van der Waals surface area contributed by atoms with Crippen molar-refractivity contribution in [3.05, 3.63) is 59.2 Å². The van der Waals surface area contributed by atoms with Crippen molar-refractivity contribution in [2.45, 2.75) is 32.9 Å². The number of halogens is 3. The Morgan fingerprint density at radius 2 is 1.52 bits per heavy atom. The normalized spacial score (nSPS) is 11.9. The van der Waals surface area contributed by atoms with E-state index >= 15 is 0 Å². The first kappa shape index (κ1) is 22.7. The molecule has 0 fully saturated rings. The Labute approximate surface area is 168 Å². The molecule has 0 aliphatic rings. The number of anilines is 2. The van der Waals surface area contributed by atoms with Gasteiger partial charge in [-0.3, -0.25) is 9.10 Å². The van der Waals surface area contributed by atoms with Gasteiger partial charge in [-0.25, -0.2) is 8.42 Å². The van der Waals surface area contributed by atoms with Gasteiger partial charge in [0.2, 0.25) is 15.9 Å². The third kappa shape index (κ3) is 5.72. The van der Waals surface area contributed by atoms with E-state index in [1.807, 2.05) is 32.0 Å². The maximum Gasteiger partial charge on any atom is 0.416 e. The minimum Gasteiger partial charge on any atom is -0.324 e. The predicted molar refractivity (Wildman–Crippen MR) is 107 cm³/mol. The number of carbonyl (C=O) groups excluding carboxylic acids is 1. The van der Waals surface area contributed by atoms with Crippen LogP contribution in [-0.4, -0.2) is 27.1 Å². The number of amides is 1. The van der Waals surface area contributed by atoms with Crippen molar-refractivity contribution in [3.8, 4) is 0 Å². The Balaban J connectivity index is 2.30. The number of hydrogen-bond donors (Lipinski definition) is 1. The second-order valence-corrected chi connectivity index (χ2v) is 8.43. The molecule has 0 heterocycles. The van der Waals surface area contributed by atoms with Gasteiger partial charge in [-0.1, -0.05) is 32.0 Å². The van der Waals surface area contributed by atoms with Gasteiger partial charge in [0.1, 0.15) is 6.54 Å². The molecule has 9 heteroatoms. The zero-order chi connectivity index (χ0) is 21.8. The molecule has 2 aromatic rings. The summed E-state index contributed by atoms with van der Waals surface area (Å²) < 4.78 is 63.4. The lowest BCUT2D eigenvalue weighted by Gasteiger charge is -2.23. The minimum atomic E-state index is -4.54. The number of alkyl halides is 3. The Kier molecular flexibility index (Phi) is 6.94. The van der Waals surface area contributed by atoms with Crippen LogP contribution < -0.4 is 9.62 Å². The molecule has 2 aromatic carbocycles. The summed E-state index contributed by atoms with van der Waals surface area (Å²) in [5.74, 6) is -0.578. The molecular weight excluding hydrogens is 405 g/mol. The van der Waals surface area contributed by atoms with Crippen LogP contribution in [0, 0.1) is 0 Å². The van der Waals surface area contributed by atoms with Crippen LogP contribution in [0.25, 0.3) is 0 Å². The van der Waals surface area contributed by atoms with E-state index in [9.17, 15) is 26.4 Å². The first-order valence-electron chi connectivity index (χ1n) is 9.03. The average molecular weight is 428 g/mol. The highest BCUT2D eigenvalue weighted by Crippen LogP contribution is 2.31. The van der Waals surface area contributed by atoms with E-state index in [1.54, 1.807) is 0 Å². The van der Waals surface area contributed by atoms with Gasteiger partial charge in [-0.15, -0.1) is 0 Å². The van der Waals surface area contributed by atoms with Crippen molar-refractivity contribution < 1.29 is 26.4 Å². The zero-order valence-electron chi connectivity index (χ0n) is 16.4. The predicted octanol–water partition coefficient (Wildman–Crippen LogP) is 4.23. The number of aryl methyl sites for hydroxylation is 2. The zero-order valence-corrected chi connectivity index (χ0v) is 17.2. The molecule has 0 aliphatic carbocycles. The molecule has 1 amide bonds. The fourth-order valence-electron chi connectivity index (χ4n) is 2.93. The molecule has 0 bridgehead atoms. The molecule has 158 valence electrons. The number of benzene rings is 2. The summed E-state index contributed by atoms with van der Waals surface area (Å²) >= 11 is 0. The molecule has 5 nitrogen and oxygen atoms in total. The molecule has 29 heavy (non-hydrogen) atoms. The summed E-state index contributed by atoms with van der Waals surface area (Å²) in [5.41, 5.74) is 1.55. The van der Waals surface area contributed by atoms with Crippen LogP contribution in [0.15, 0.2) is 42.5 Å². The lowest BCUT2D eigenvalue weighted by molar-refractivity contribution is -0.137. The minimum absolute atomic E-state index is 0.0184. The van der Waals surface area contributed by atoms with Crippen LogP contribution >= 0.6 is 0 Å². The fourth-order valence-corrected chi connectivity index (χ4v) is 3.79. The van der Waals surface area contributed by atoms with Gasteiger partial charge in [0, 0.05) is 5.69 Å². The van der Waals surface area contributed by atoms with Crippen LogP contribution in [0.5, 0.6) is 0 Å². The summed E-state index contributed by atoms with van der Waals surface area (Å²) in [6.07, 6.45) is -2.28. The maximum atomic E-state index is 12.8. The third-order valence-electron chi connectivity index (χ3n) is 4.43. The van der Waals surface area contributed by atoms with E-state index in [0.717, 1.165) is 46.0 Å². The third-order valence-corrected chi connectivity index (χ3v) is 5.57. The standard InChI is InChI=1S/C20H23F3N2O3S/c1-4-14-7-6-8-15(5-2)19(14)24-18(26)13-25(29(3,27)28)17-11-9-16(10-12-17)20(21,22)23/h6-12H,4-5,13H2,1-3H3,(H,24,26).